The Kier molecular flexibility index (Phi) is 5.65. The SMILES string of the molecule is CCCCn1cc(CC)c(CCC)c1CC. The Morgan fingerprint density at radius 1 is 1.00 bits per heavy atom. The molecule has 0 aliphatic carbocycles. The molecule has 0 fully saturated rings. The van der Waals surface area contributed by atoms with Crippen molar-refractivity contribution in [1.82, 2.24) is 4.57 Å². The van der Waals surface area contributed by atoms with Gasteiger partial charge < -0.3 is 4.57 Å². The summed E-state index contributed by atoms with van der Waals surface area (Å²) in [5.41, 5.74) is 4.81. The molecule has 0 aliphatic heterocycles. The highest BCUT2D eigenvalue weighted by Crippen LogP contribution is 2.21. The van der Waals surface area contributed by atoms with Gasteiger partial charge in [-0.2, -0.15) is 0 Å². The Hall–Kier alpha value is -0.720. The van der Waals surface area contributed by atoms with Gasteiger partial charge in [0.2, 0.25) is 0 Å². The normalized spacial score (nSPS) is 11.0. The van der Waals surface area contributed by atoms with Crippen molar-refractivity contribution in [1.29, 1.82) is 0 Å². The summed E-state index contributed by atoms with van der Waals surface area (Å²) in [5, 5.41) is 0. The summed E-state index contributed by atoms with van der Waals surface area (Å²) in [6, 6.07) is 0. The Morgan fingerprint density at radius 3 is 2.25 bits per heavy atom. The van der Waals surface area contributed by atoms with Crippen LogP contribution in [0.15, 0.2) is 6.20 Å². The fourth-order valence-corrected chi connectivity index (χ4v) is 2.51. The molecule has 0 atom stereocenters. The Morgan fingerprint density at radius 2 is 1.75 bits per heavy atom. The molecule has 1 aromatic heterocycles. The molecule has 0 N–H and O–H groups in total. The smallest absolute Gasteiger partial charge is 0.0222 e. The first kappa shape index (κ1) is 13.3. The minimum Gasteiger partial charge on any atom is -0.351 e. The number of unbranched alkanes of at least 4 members (excludes halogenated alkanes) is 1. The van der Waals surface area contributed by atoms with Crippen LogP contribution in [0.2, 0.25) is 0 Å². The zero-order chi connectivity index (χ0) is 12.0. The number of hydrogen-bond donors (Lipinski definition) is 0. The number of hydrogen-bond acceptors (Lipinski definition) is 0. The van der Waals surface area contributed by atoms with Crippen molar-refractivity contribution >= 4 is 0 Å². The first-order chi connectivity index (χ1) is 7.78. The largest absolute Gasteiger partial charge is 0.351 e. The lowest BCUT2D eigenvalue weighted by Crippen LogP contribution is -2.02. The summed E-state index contributed by atoms with van der Waals surface area (Å²) in [6.07, 6.45) is 9.87. The van der Waals surface area contributed by atoms with E-state index in [-0.39, 0.29) is 0 Å². The van der Waals surface area contributed by atoms with E-state index in [2.05, 4.69) is 38.5 Å². The van der Waals surface area contributed by atoms with Crippen molar-refractivity contribution in [2.24, 2.45) is 0 Å². The van der Waals surface area contributed by atoms with Crippen molar-refractivity contribution in [3.63, 3.8) is 0 Å². The summed E-state index contributed by atoms with van der Waals surface area (Å²) in [5.74, 6) is 0. The van der Waals surface area contributed by atoms with Gasteiger partial charge in [-0.25, -0.2) is 0 Å². The van der Waals surface area contributed by atoms with Crippen LogP contribution in [0.4, 0.5) is 0 Å². The summed E-state index contributed by atoms with van der Waals surface area (Å²) in [7, 11) is 0. The molecule has 1 heteroatoms. The zero-order valence-electron chi connectivity index (χ0n) is 11.5. The minimum atomic E-state index is 1.18. The van der Waals surface area contributed by atoms with Gasteiger partial charge >= 0.3 is 0 Å². The van der Waals surface area contributed by atoms with E-state index in [0.29, 0.717) is 0 Å². The van der Waals surface area contributed by atoms with Gasteiger partial charge in [0.15, 0.2) is 0 Å². The van der Waals surface area contributed by atoms with Crippen LogP contribution in [-0.4, -0.2) is 4.57 Å². The van der Waals surface area contributed by atoms with E-state index in [1.807, 2.05) is 0 Å². The predicted molar refractivity (Wildman–Crippen MR) is 72.1 cm³/mol. The first-order valence-corrected chi connectivity index (χ1v) is 6.98. The lowest BCUT2D eigenvalue weighted by atomic mass is 10.0. The van der Waals surface area contributed by atoms with Crippen LogP contribution in [0.25, 0.3) is 0 Å². The third-order valence-electron chi connectivity index (χ3n) is 3.36. The topological polar surface area (TPSA) is 4.93 Å². The maximum absolute atomic E-state index is 2.51. The molecule has 1 aromatic rings. The van der Waals surface area contributed by atoms with Crippen LogP contribution in [0.5, 0.6) is 0 Å². The van der Waals surface area contributed by atoms with Crippen molar-refractivity contribution in [2.45, 2.75) is 72.8 Å². The van der Waals surface area contributed by atoms with Gasteiger partial charge in [0, 0.05) is 18.4 Å². The van der Waals surface area contributed by atoms with Crippen LogP contribution < -0.4 is 0 Å². The van der Waals surface area contributed by atoms with Crippen molar-refractivity contribution in [3.05, 3.63) is 23.0 Å². The average Bonchev–Trinajstić information content (AvgIpc) is 2.64. The molecule has 92 valence electrons. The van der Waals surface area contributed by atoms with Crippen LogP contribution in [0, 0.1) is 0 Å². The number of aromatic nitrogens is 1. The van der Waals surface area contributed by atoms with Crippen molar-refractivity contribution in [2.75, 3.05) is 0 Å². The molecule has 0 radical (unpaired) electrons. The Labute approximate surface area is 101 Å². The van der Waals surface area contributed by atoms with Crippen molar-refractivity contribution in [3.8, 4) is 0 Å². The molecule has 1 nitrogen and oxygen atoms in total. The van der Waals surface area contributed by atoms with Gasteiger partial charge in [0.25, 0.3) is 0 Å². The van der Waals surface area contributed by atoms with E-state index in [0.717, 1.165) is 0 Å². The van der Waals surface area contributed by atoms with E-state index in [1.165, 1.54) is 45.1 Å². The molecule has 16 heavy (non-hydrogen) atoms. The summed E-state index contributed by atoms with van der Waals surface area (Å²) < 4.78 is 2.51. The molecular weight excluding hydrogens is 194 g/mol. The summed E-state index contributed by atoms with van der Waals surface area (Å²) in [4.78, 5) is 0. The van der Waals surface area contributed by atoms with Crippen molar-refractivity contribution < 1.29 is 0 Å². The summed E-state index contributed by atoms with van der Waals surface area (Å²) >= 11 is 0. The third kappa shape index (κ3) is 2.90. The lowest BCUT2D eigenvalue weighted by Gasteiger charge is -2.09. The highest BCUT2D eigenvalue weighted by Gasteiger charge is 2.11. The lowest BCUT2D eigenvalue weighted by molar-refractivity contribution is 0.609. The molecule has 0 spiro atoms. The second-order valence-corrected chi connectivity index (χ2v) is 4.58. The van der Waals surface area contributed by atoms with E-state index >= 15 is 0 Å². The Balaban J connectivity index is 2.98. The monoisotopic (exact) mass is 221 g/mol. The van der Waals surface area contributed by atoms with E-state index < -0.39 is 0 Å². The van der Waals surface area contributed by atoms with Crippen LogP contribution in [-0.2, 0) is 25.8 Å². The second kappa shape index (κ2) is 6.78. The number of nitrogens with zero attached hydrogens (tertiary/aromatic N) is 1. The number of aryl methyl sites for hydroxylation is 2. The molecule has 1 rings (SSSR count). The average molecular weight is 221 g/mol. The molecule has 0 aromatic carbocycles. The summed E-state index contributed by atoms with van der Waals surface area (Å²) in [6.45, 7) is 10.3. The van der Waals surface area contributed by atoms with E-state index in [1.54, 1.807) is 16.8 Å². The van der Waals surface area contributed by atoms with Gasteiger partial charge in [-0.15, -0.1) is 0 Å². The van der Waals surface area contributed by atoms with Crippen LogP contribution in [0.1, 0.15) is 63.8 Å². The van der Waals surface area contributed by atoms with E-state index in [4.69, 9.17) is 0 Å². The van der Waals surface area contributed by atoms with Gasteiger partial charge in [0.1, 0.15) is 0 Å². The predicted octanol–water partition coefficient (Wildman–Crippen LogP) is 4.37. The maximum atomic E-state index is 2.51. The van der Waals surface area contributed by atoms with E-state index in [9.17, 15) is 0 Å². The Bertz CT molecular complexity index is 309. The van der Waals surface area contributed by atoms with Crippen LogP contribution >= 0.6 is 0 Å². The van der Waals surface area contributed by atoms with Gasteiger partial charge in [-0.1, -0.05) is 40.5 Å². The van der Waals surface area contributed by atoms with Gasteiger partial charge in [-0.3, -0.25) is 0 Å². The molecule has 0 saturated carbocycles. The van der Waals surface area contributed by atoms with Gasteiger partial charge in [0.05, 0.1) is 0 Å². The van der Waals surface area contributed by atoms with Gasteiger partial charge in [-0.05, 0) is 36.8 Å². The molecule has 0 unspecified atom stereocenters. The second-order valence-electron chi connectivity index (χ2n) is 4.58. The third-order valence-corrected chi connectivity index (χ3v) is 3.36. The molecule has 0 saturated heterocycles. The highest BCUT2D eigenvalue weighted by atomic mass is 15.0. The molecule has 0 amide bonds. The minimum absolute atomic E-state index is 1.18. The standard InChI is InChI=1S/C15H27N/c1-5-9-11-16-12-13(7-3)14(10-6-2)15(16)8-4/h12H,5-11H2,1-4H3. The quantitative estimate of drug-likeness (QED) is 0.644. The fraction of sp³-hybridized carbons (Fsp3) is 0.733. The molecular formula is C15H27N. The molecule has 1 heterocycles. The zero-order valence-corrected chi connectivity index (χ0v) is 11.5. The number of rotatable bonds is 7. The first-order valence-electron chi connectivity index (χ1n) is 6.98. The highest BCUT2D eigenvalue weighted by molar-refractivity contribution is 5.33. The molecule has 0 aliphatic rings. The maximum Gasteiger partial charge on any atom is 0.0222 e. The molecule has 0 bridgehead atoms. The van der Waals surface area contributed by atoms with Crippen LogP contribution in [0.3, 0.4) is 0 Å². The fourth-order valence-electron chi connectivity index (χ4n) is 2.51.